The minimum atomic E-state index is -3.86. The quantitative estimate of drug-likeness (QED) is 0.274. The molecule has 9 nitrogen and oxygen atoms in total. The van der Waals surface area contributed by atoms with Crippen LogP contribution in [0.4, 0.5) is 0 Å². The largest absolute Gasteiger partial charge is 1.00 e. The van der Waals surface area contributed by atoms with Crippen LogP contribution in [0.25, 0.3) is 0 Å². The molecule has 1 N–H and O–H groups in total. The van der Waals surface area contributed by atoms with Crippen LogP contribution in [0.15, 0.2) is 33.6 Å². The number of carboxylic acids is 1. The molecule has 0 aliphatic carbocycles. The van der Waals surface area contributed by atoms with Gasteiger partial charge in [-0.05, 0) is 32.9 Å². The summed E-state index contributed by atoms with van der Waals surface area (Å²) in [6.45, 7) is 4.77. The van der Waals surface area contributed by atoms with Gasteiger partial charge in [-0.1, -0.05) is 17.7 Å². The zero-order chi connectivity index (χ0) is 20.1. The summed E-state index contributed by atoms with van der Waals surface area (Å²) in [7, 11) is -5.58. The summed E-state index contributed by atoms with van der Waals surface area (Å²) in [5.41, 5.74) is 0.762. The molecule has 1 aromatic rings. The Morgan fingerprint density at radius 1 is 1.32 bits per heavy atom. The number of β-lactam (4-membered cyclic amide) rings is 1. The Morgan fingerprint density at radius 3 is 2.43 bits per heavy atom. The van der Waals surface area contributed by atoms with Gasteiger partial charge in [0.05, 0.1) is 44.6 Å². The van der Waals surface area contributed by atoms with Crippen molar-refractivity contribution in [1.82, 2.24) is 9.03 Å². The predicted octanol–water partition coefficient (Wildman–Crippen LogP) is -3.89. The average Bonchev–Trinajstić information content (AvgIpc) is 2.76. The van der Waals surface area contributed by atoms with Crippen molar-refractivity contribution in [3.63, 3.8) is 0 Å². The Morgan fingerprint density at radius 2 is 1.89 bits per heavy atom. The zero-order valence-corrected chi connectivity index (χ0v) is 20.0. The average molecular weight is 453 g/mol. The monoisotopic (exact) mass is 453 g/mol. The number of fused-ring (bicyclic) bond motifs is 1. The van der Waals surface area contributed by atoms with Gasteiger partial charge >= 0.3 is 29.6 Å². The minimum absolute atomic E-state index is 0. The third-order valence-corrected chi connectivity index (χ3v) is 8.92. The van der Waals surface area contributed by atoms with Crippen LogP contribution in [0.3, 0.4) is 0 Å². The molecule has 13 heteroatoms. The number of benzene rings is 1. The predicted molar refractivity (Wildman–Crippen MR) is 98.2 cm³/mol. The summed E-state index contributed by atoms with van der Waals surface area (Å²) in [6.07, 6.45) is 0. The second-order valence-corrected chi connectivity index (χ2v) is 11.3. The molecule has 2 saturated heterocycles. The van der Waals surface area contributed by atoms with Gasteiger partial charge in [0.2, 0.25) is 0 Å². The Hall–Kier alpha value is -0.760. The summed E-state index contributed by atoms with van der Waals surface area (Å²) in [6, 6.07) is 4.82. The van der Waals surface area contributed by atoms with Gasteiger partial charge < -0.3 is 14.8 Å². The van der Waals surface area contributed by atoms with Gasteiger partial charge in [-0.2, -0.15) is 4.40 Å². The Labute approximate surface area is 191 Å². The molecule has 3 rings (SSSR count). The summed E-state index contributed by atoms with van der Waals surface area (Å²) in [4.78, 5) is 24.6. The van der Waals surface area contributed by atoms with Gasteiger partial charge in [0, 0.05) is 0 Å². The first kappa shape index (κ1) is 23.5. The van der Waals surface area contributed by atoms with Gasteiger partial charge in [0.1, 0.15) is 0 Å². The molecular weight excluding hydrogens is 437 g/mol. The summed E-state index contributed by atoms with van der Waals surface area (Å²) in [5.74, 6) is -2.19. The van der Waals surface area contributed by atoms with Gasteiger partial charge in [-0.3, -0.25) is 9.00 Å². The third kappa shape index (κ3) is 3.83. The molecule has 3 atom stereocenters. The minimum Gasteiger partial charge on any atom is -0.548 e. The van der Waals surface area contributed by atoms with E-state index >= 15 is 0 Å². The number of nitrogens with zero attached hydrogens (tertiary/aromatic N) is 2. The SMILES string of the molecule is Cc1ccc(S(=O)(=O)NS/N=C2\C(=O)N3[C@@H]2S(=O)C(C)(C)[C@@H]3C(=O)[O-])cc1.[Na+]. The summed E-state index contributed by atoms with van der Waals surface area (Å²) >= 11 is 0.413. The number of carbonyl (C=O) groups excluding carboxylic acids is 2. The van der Waals surface area contributed by atoms with Crippen molar-refractivity contribution in [1.29, 1.82) is 0 Å². The summed E-state index contributed by atoms with van der Waals surface area (Å²) in [5, 5.41) is 10.4. The number of hydrogen-bond acceptors (Lipinski definition) is 8. The van der Waals surface area contributed by atoms with E-state index in [1.54, 1.807) is 12.1 Å². The van der Waals surface area contributed by atoms with Crippen molar-refractivity contribution in [2.24, 2.45) is 4.40 Å². The van der Waals surface area contributed by atoms with Crippen molar-refractivity contribution >= 4 is 50.5 Å². The van der Waals surface area contributed by atoms with Gasteiger partial charge in [-0.25, -0.2) is 8.42 Å². The standard InChI is InChI=1S/C15H17N3O6S3.Na/c1-8-4-6-9(7-5-8)27(23,24)17-25-16-10-12(19)18-11(14(20)21)15(2,3)26(22)13(10)18;/h4-7,11,13,17H,1-3H3,(H,20,21);/q;+1/p-1/b16-10+;/t11-,13+,26?;/m0./s1. The molecule has 0 saturated carbocycles. The number of carboxylic acid groups (broad SMARTS) is 1. The fraction of sp³-hybridized carbons (Fsp3) is 0.400. The molecule has 0 bridgehead atoms. The number of hydrogen-bond donors (Lipinski definition) is 1. The number of amides is 1. The van der Waals surface area contributed by atoms with E-state index in [1.165, 1.54) is 26.0 Å². The maximum absolute atomic E-state index is 12.6. The Balaban J connectivity index is 0.00000280. The number of carbonyl (C=O) groups is 2. The van der Waals surface area contributed by atoms with E-state index in [2.05, 4.69) is 8.53 Å². The second-order valence-electron chi connectivity index (χ2n) is 6.65. The second kappa shape index (κ2) is 8.17. The topological polar surface area (TPSA) is 136 Å². The maximum Gasteiger partial charge on any atom is 1.00 e. The first-order chi connectivity index (χ1) is 12.5. The van der Waals surface area contributed by atoms with Gasteiger partial charge in [-0.15, -0.1) is 4.13 Å². The van der Waals surface area contributed by atoms with Crippen LogP contribution < -0.4 is 38.8 Å². The normalized spacial score (nSPS) is 27.1. The number of nitrogens with one attached hydrogen (secondary N) is 1. The number of aliphatic carboxylic acids is 1. The van der Waals surface area contributed by atoms with Crippen molar-refractivity contribution in [3.8, 4) is 0 Å². The molecular formula is C15H16N3NaO6S3. The van der Waals surface area contributed by atoms with E-state index in [4.69, 9.17) is 0 Å². The van der Waals surface area contributed by atoms with Crippen LogP contribution in [0.5, 0.6) is 0 Å². The van der Waals surface area contributed by atoms with E-state index in [-0.39, 0.29) is 40.2 Å². The van der Waals surface area contributed by atoms with Crippen LogP contribution in [0, 0.1) is 6.92 Å². The smallest absolute Gasteiger partial charge is 0.548 e. The summed E-state index contributed by atoms with van der Waals surface area (Å²) < 4.78 is 41.8. The van der Waals surface area contributed by atoms with E-state index in [0.717, 1.165) is 10.5 Å². The first-order valence-electron chi connectivity index (χ1n) is 7.75. The molecule has 2 aliphatic heterocycles. The number of sulfonamides is 1. The van der Waals surface area contributed by atoms with Crippen LogP contribution in [-0.4, -0.2) is 51.3 Å². The molecule has 2 heterocycles. The molecule has 2 aliphatic rings. The van der Waals surface area contributed by atoms with Crippen molar-refractivity contribution in [3.05, 3.63) is 29.8 Å². The molecule has 0 radical (unpaired) electrons. The van der Waals surface area contributed by atoms with Gasteiger partial charge in [0.25, 0.3) is 15.9 Å². The molecule has 2 fully saturated rings. The Bertz CT molecular complexity index is 977. The van der Waals surface area contributed by atoms with Crippen molar-refractivity contribution in [2.45, 2.75) is 41.8 Å². The zero-order valence-electron chi connectivity index (χ0n) is 15.5. The van der Waals surface area contributed by atoms with E-state index in [1.807, 2.05) is 6.92 Å². The van der Waals surface area contributed by atoms with E-state index in [0.29, 0.717) is 12.1 Å². The van der Waals surface area contributed by atoms with E-state index in [9.17, 15) is 27.3 Å². The van der Waals surface area contributed by atoms with E-state index < -0.39 is 48.9 Å². The van der Waals surface area contributed by atoms with Crippen LogP contribution in [0.2, 0.25) is 0 Å². The third-order valence-electron chi connectivity index (χ3n) is 4.44. The molecule has 146 valence electrons. The van der Waals surface area contributed by atoms with Crippen molar-refractivity contribution < 1.29 is 56.9 Å². The fourth-order valence-corrected chi connectivity index (χ4v) is 6.51. The van der Waals surface area contributed by atoms with Crippen LogP contribution in [0.1, 0.15) is 19.4 Å². The Kier molecular flexibility index (Phi) is 6.86. The number of rotatable bonds is 5. The fourth-order valence-electron chi connectivity index (χ4n) is 2.96. The van der Waals surface area contributed by atoms with Crippen molar-refractivity contribution in [2.75, 3.05) is 0 Å². The number of aryl methyl sites for hydroxylation is 1. The molecule has 1 aromatic carbocycles. The van der Waals surface area contributed by atoms with Crippen LogP contribution in [-0.2, 0) is 30.4 Å². The first-order valence-corrected chi connectivity index (χ1v) is 11.2. The molecule has 1 amide bonds. The molecule has 0 aromatic heterocycles. The van der Waals surface area contributed by atoms with Crippen LogP contribution >= 0.6 is 12.1 Å². The van der Waals surface area contributed by atoms with Gasteiger partial charge in [0.15, 0.2) is 11.1 Å². The molecule has 0 spiro atoms. The molecule has 28 heavy (non-hydrogen) atoms. The maximum atomic E-state index is 12.6. The molecule has 1 unspecified atom stereocenters.